The first kappa shape index (κ1) is 18.1. The molecular formula is C15H13F3N4O3S. The van der Waals surface area contributed by atoms with Crippen molar-refractivity contribution in [1.29, 1.82) is 0 Å². The molecule has 1 amide bonds. The number of oxime groups is 1. The number of amides is 1. The smallest absolute Gasteiger partial charge is 0.425 e. The minimum atomic E-state index is -4.43. The molecule has 1 aliphatic rings. The highest BCUT2D eigenvalue weighted by molar-refractivity contribution is 7.17. The van der Waals surface area contributed by atoms with E-state index in [2.05, 4.69) is 25.3 Å². The van der Waals surface area contributed by atoms with Gasteiger partial charge in [0.15, 0.2) is 4.88 Å². The third kappa shape index (κ3) is 4.48. The van der Waals surface area contributed by atoms with Crippen LogP contribution in [-0.2, 0) is 4.84 Å². The van der Waals surface area contributed by atoms with E-state index in [4.69, 9.17) is 0 Å². The fourth-order valence-corrected chi connectivity index (χ4v) is 3.06. The number of carbonyl (C=O) groups excluding carboxylic acids is 1. The van der Waals surface area contributed by atoms with Crippen LogP contribution in [0.3, 0.4) is 0 Å². The van der Waals surface area contributed by atoms with E-state index in [1.54, 1.807) is 24.5 Å². The molecule has 2 aromatic rings. The lowest BCUT2D eigenvalue weighted by atomic mass is 9.90. The average Bonchev–Trinajstić information content (AvgIpc) is 2.94. The van der Waals surface area contributed by atoms with Crippen molar-refractivity contribution in [2.24, 2.45) is 5.16 Å². The Kier molecular flexibility index (Phi) is 5.07. The van der Waals surface area contributed by atoms with E-state index >= 15 is 0 Å². The molecule has 138 valence electrons. The Labute approximate surface area is 149 Å². The molecule has 1 aliphatic carbocycles. The van der Waals surface area contributed by atoms with Crippen molar-refractivity contribution in [3.05, 3.63) is 29.4 Å². The van der Waals surface area contributed by atoms with Crippen LogP contribution in [0, 0.1) is 0 Å². The summed E-state index contributed by atoms with van der Waals surface area (Å²) in [5, 5.41) is 16.4. The summed E-state index contributed by atoms with van der Waals surface area (Å²) in [7, 11) is 0. The predicted molar refractivity (Wildman–Crippen MR) is 86.9 cm³/mol. The second-order valence-corrected chi connectivity index (χ2v) is 6.54. The van der Waals surface area contributed by atoms with Crippen LogP contribution in [0.15, 0.2) is 29.7 Å². The molecule has 0 aromatic carbocycles. The molecule has 7 nitrogen and oxygen atoms in total. The number of aromatic nitrogens is 2. The maximum atomic E-state index is 12.2. The van der Waals surface area contributed by atoms with Gasteiger partial charge in [-0.1, -0.05) is 5.16 Å². The third-order valence-corrected chi connectivity index (χ3v) is 4.54. The van der Waals surface area contributed by atoms with Crippen molar-refractivity contribution in [2.75, 3.05) is 6.61 Å². The van der Waals surface area contributed by atoms with Gasteiger partial charge < -0.3 is 15.3 Å². The molecule has 0 saturated heterocycles. The van der Waals surface area contributed by atoms with Gasteiger partial charge in [0.25, 0.3) is 5.91 Å². The molecule has 0 aliphatic heterocycles. The molecule has 11 heteroatoms. The van der Waals surface area contributed by atoms with Gasteiger partial charge in [-0.2, -0.15) is 13.2 Å². The largest absolute Gasteiger partial charge is 0.492 e. The summed E-state index contributed by atoms with van der Waals surface area (Å²) in [6.45, 7) is -1.45. The highest BCUT2D eigenvalue weighted by Gasteiger charge is 2.31. The fraction of sp³-hybridized carbons (Fsp3) is 0.333. The van der Waals surface area contributed by atoms with E-state index in [1.807, 2.05) is 0 Å². The van der Waals surface area contributed by atoms with E-state index < -0.39 is 18.7 Å². The number of aromatic hydroxyl groups is 1. The van der Waals surface area contributed by atoms with Crippen molar-refractivity contribution < 1.29 is 27.9 Å². The SMILES string of the molecule is O=C(NC1CC(=NOCC(F)(F)F)C1)c1sc(-c2cccnc2)nc1O. The second-order valence-electron chi connectivity index (χ2n) is 5.54. The Bertz CT molecular complexity index is 815. The highest BCUT2D eigenvalue weighted by Crippen LogP contribution is 2.31. The monoisotopic (exact) mass is 386 g/mol. The van der Waals surface area contributed by atoms with Crippen LogP contribution in [-0.4, -0.2) is 45.5 Å². The third-order valence-electron chi connectivity index (χ3n) is 3.45. The summed E-state index contributed by atoms with van der Waals surface area (Å²) in [5.74, 6) is -0.886. The van der Waals surface area contributed by atoms with E-state index in [-0.39, 0.29) is 16.8 Å². The molecule has 0 bridgehead atoms. The molecule has 1 fully saturated rings. The summed E-state index contributed by atoms with van der Waals surface area (Å²) < 4.78 is 35.8. The zero-order chi connectivity index (χ0) is 18.7. The number of pyridine rings is 1. The van der Waals surface area contributed by atoms with Gasteiger partial charge >= 0.3 is 6.18 Å². The summed E-state index contributed by atoms with van der Waals surface area (Å²) in [5.41, 5.74) is 1.11. The molecular weight excluding hydrogens is 373 g/mol. The van der Waals surface area contributed by atoms with Crippen LogP contribution in [0.1, 0.15) is 22.5 Å². The number of alkyl halides is 3. The lowest BCUT2D eigenvalue weighted by Crippen LogP contribution is -2.44. The Morgan fingerprint density at radius 1 is 1.46 bits per heavy atom. The van der Waals surface area contributed by atoms with Gasteiger partial charge in [0, 0.05) is 36.8 Å². The number of rotatable bonds is 5. The van der Waals surface area contributed by atoms with Crippen molar-refractivity contribution in [1.82, 2.24) is 15.3 Å². The zero-order valence-electron chi connectivity index (χ0n) is 13.2. The van der Waals surface area contributed by atoms with Gasteiger partial charge in [-0.3, -0.25) is 9.78 Å². The zero-order valence-corrected chi connectivity index (χ0v) is 14.0. The lowest BCUT2D eigenvalue weighted by molar-refractivity contribution is -0.174. The van der Waals surface area contributed by atoms with E-state index in [9.17, 15) is 23.1 Å². The maximum absolute atomic E-state index is 12.2. The van der Waals surface area contributed by atoms with Crippen molar-refractivity contribution in [2.45, 2.75) is 25.1 Å². The summed E-state index contributed by atoms with van der Waals surface area (Å²) >= 11 is 1.02. The number of nitrogens with one attached hydrogen (secondary N) is 1. The number of halogens is 3. The minimum absolute atomic E-state index is 0.0579. The normalized spacial score (nSPS) is 16.7. The molecule has 2 heterocycles. The molecule has 2 N–H and O–H groups in total. The first-order valence-electron chi connectivity index (χ1n) is 7.47. The number of carbonyl (C=O) groups is 1. The van der Waals surface area contributed by atoms with Gasteiger partial charge in [0.1, 0.15) is 5.01 Å². The average molecular weight is 386 g/mol. The first-order valence-corrected chi connectivity index (χ1v) is 8.29. The van der Waals surface area contributed by atoms with Gasteiger partial charge in [-0.15, -0.1) is 11.3 Å². The van der Waals surface area contributed by atoms with Crippen molar-refractivity contribution >= 4 is 23.0 Å². The lowest BCUT2D eigenvalue weighted by Gasteiger charge is -2.27. The number of hydrogen-bond acceptors (Lipinski definition) is 7. The maximum Gasteiger partial charge on any atom is 0.425 e. The molecule has 0 atom stereocenters. The predicted octanol–water partition coefficient (Wildman–Crippen LogP) is 2.74. The molecule has 0 spiro atoms. The Hall–Kier alpha value is -2.69. The van der Waals surface area contributed by atoms with Crippen LogP contribution < -0.4 is 5.32 Å². The van der Waals surface area contributed by atoms with Gasteiger partial charge in [0.05, 0.1) is 5.71 Å². The Morgan fingerprint density at radius 3 is 2.88 bits per heavy atom. The Balaban J connectivity index is 1.54. The molecule has 3 rings (SSSR count). The molecule has 26 heavy (non-hydrogen) atoms. The summed E-state index contributed by atoms with van der Waals surface area (Å²) in [4.78, 5) is 24.4. The summed E-state index contributed by atoms with van der Waals surface area (Å²) in [6, 6.07) is 3.19. The fourth-order valence-electron chi connectivity index (χ4n) is 2.21. The van der Waals surface area contributed by atoms with Crippen molar-refractivity contribution in [3.63, 3.8) is 0 Å². The first-order chi connectivity index (χ1) is 12.3. The van der Waals surface area contributed by atoms with E-state index in [0.717, 1.165) is 11.3 Å². The van der Waals surface area contributed by atoms with Crippen LogP contribution in [0.2, 0.25) is 0 Å². The number of nitrogens with zero attached hydrogens (tertiary/aromatic N) is 3. The van der Waals surface area contributed by atoms with Crippen molar-refractivity contribution in [3.8, 4) is 16.5 Å². The van der Waals surface area contributed by atoms with Gasteiger partial charge in [-0.25, -0.2) is 4.98 Å². The number of thiazole rings is 1. The quantitative estimate of drug-likeness (QED) is 0.771. The van der Waals surface area contributed by atoms with Gasteiger partial charge in [0.2, 0.25) is 12.5 Å². The second kappa shape index (κ2) is 7.28. The van der Waals surface area contributed by atoms with E-state index in [0.29, 0.717) is 29.1 Å². The molecule has 0 radical (unpaired) electrons. The van der Waals surface area contributed by atoms with Crippen LogP contribution in [0.25, 0.3) is 10.6 Å². The molecule has 0 unspecified atom stereocenters. The number of hydrogen-bond donors (Lipinski definition) is 2. The topological polar surface area (TPSA) is 96.7 Å². The Morgan fingerprint density at radius 2 is 2.23 bits per heavy atom. The standard InChI is InChI=1S/C15H13F3N4O3S/c16-15(17,18)7-25-22-10-4-9(5-10)20-12(23)11-13(24)21-14(26-11)8-2-1-3-19-6-8/h1-3,6,9,24H,4-5,7H2,(H,20,23). The molecule has 1 saturated carbocycles. The van der Waals surface area contributed by atoms with Crippen LogP contribution in [0.4, 0.5) is 13.2 Å². The van der Waals surface area contributed by atoms with Gasteiger partial charge in [-0.05, 0) is 12.1 Å². The summed E-state index contributed by atoms with van der Waals surface area (Å²) in [6.07, 6.45) is -0.692. The molecule has 2 aromatic heterocycles. The van der Waals surface area contributed by atoms with Crippen LogP contribution in [0.5, 0.6) is 5.88 Å². The van der Waals surface area contributed by atoms with Crippen LogP contribution >= 0.6 is 11.3 Å². The highest BCUT2D eigenvalue weighted by atomic mass is 32.1. The minimum Gasteiger partial charge on any atom is -0.492 e. The van der Waals surface area contributed by atoms with E-state index in [1.165, 1.54) is 0 Å².